The molecule has 0 fully saturated rings. The molecule has 1 aromatic rings. The summed E-state index contributed by atoms with van der Waals surface area (Å²) in [7, 11) is 0. The van der Waals surface area contributed by atoms with Gasteiger partial charge in [0.1, 0.15) is 18.3 Å². The number of esters is 2. The number of nitrogens with one attached hydrogen (secondary N) is 1. The highest BCUT2D eigenvalue weighted by Crippen LogP contribution is 2.42. The Balaban J connectivity index is 2.69. The number of nitrogens with zero attached hydrogens (tertiary/aromatic N) is 1. The smallest absolute Gasteiger partial charge is 0.337 e. The first-order valence-electron chi connectivity index (χ1n) is 10.9. The largest absolute Gasteiger partial charge is 0.463 e. The molecular weight excluding hydrogens is 480 g/mol. The number of carbonyl (C=O) groups excluding carboxylic acids is 3. The molecule has 0 bridgehead atoms. The lowest BCUT2D eigenvalue weighted by atomic mass is 9.79. The Morgan fingerprint density at radius 1 is 1.14 bits per heavy atom. The van der Waals surface area contributed by atoms with Crippen LogP contribution < -0.4 is 5.32 Å². The predicted octanol–water partition coefficient (Wildman–Crippen LogP) is -0.422. The first-order valence-corrected chi connectivity index (χ1v) is 10.9. The Bertz CT molecular complexity index is 1080. The van der Waals surface area contributed by atoms with Crippen molar-refractivity contribution < 1.29 is 49.2 Å². The van der Waals surface area contributed by atoms with E-state index in [-0.39, 0.29) is 41.0 Å². The number of ether oxygens (including phenoxy) is 2. The number of aliphatic hydroxyl groups is 4. The quantitative estimate of drug-likeness (QED) is 0.112. The number of hydrogen-bond acceptors (Lipinski definition) is 12. The summed E-state index contributed by atoms with van der Waals surface area (Å²) >= 11 is 0. The molecule has 0 saturated heterocycles. The molecule has 0 radical (unpaired) electrons. The Labute approximate surface area is 205 Å². The van der Waals surface area contributed by atoms with Crippen molar-refractivity contribution in [2.75, 3.05) is 13.2 Å². The van der Waals surface area contributed by atoms with Crippen LogP contribution in [0.15, 0.2) is 46.8 Å². The molecule has 0 aromatic heterocycles. The summed E-state index contributed by atoms with van der Waals surface area (Å²) in [5.41, 5.74) is -0.478. The summed E-state index contributed by atoms with van der Waals surface area (Å²) in [6.45, 7) is 3.51. The van der Waals surface area contributed by atoms with Gasteiger partial charge in [0.15, 0.2) is 12.4 Å². The maximum absolute atomic E-state index is 13.4. The summed E-state index contributed by atoms with van der Waals surface area (Å²) in [5, 5.41) is 53.7. The van der Waals surface area contributed by atoms with Gasteiger partial charge in [-0.2, -0.15) is 0 Å². The summed E-state index contributed by atoms with van der Waals surface area (Å²) in [6.07, 6.45) is -8.09. The number of carbonyl (C=O) groups is 3. The molecule has 13 nitrogen and oxygen atoms in total. The van der Waals surface area contributed by atoms with E-state index in [1.807, 2.05) is 0 Å². The van der Waals surface area contributed by atoms with Gasteiger partial charge in [0, 0.05) is 23.0 Å². The van der Waals surface area contributed by atoms with Crippen molar-refractivity contribution in [3.05, 3.63) is 62.5 Å². The normalized spacial score (nSPS) is 19.0. The molecule has 0 saturated carbocycles. The van der Waals surface area contributed by atoms with Gasteiger partial charge >= 0.3 is 11.9 Å². The van der Waals surface area contributed by atoms with Crippen LogP contribution in [0.2, 0.25) is 0 Å². The molecule has 196 valence electrons. The van der Waals surface area contributed by atoms with Crippen molar-refractivity contribution in [3.8, 4) is 0 Å². The zero-order valence-corrected chi connectivity index (χ0v) is 19.8. The molecule has 1 heterocycles. The van der Waals surface area contributed by atoms with Crippen LogP contribution in [-0.4, -0.2) is 81.2 Å². The Morgan fingerprint density at radius 2 is 1.72 bits per heavy atom. The minimum absolute atomic E-state index is 0.0272. The molecular formula is C23H28N2O11. The Kier molecular flexibility index (Phi) is 9.81. The topological polar surface area (TPSA) is 206 Å². The molecule has 36 heavy (non-hydrogen) atoms. The van der Waals surface area contributed by atoms with E-state index in [9.17, 15) is 39.8 Å². The second-order valence-corrected chi connectivity index (χ2v) is 7.91. The van der Waals surface area contributed by atoms with Crippen LogP contribution in [0.5, 0.6) is 0 Å². The number of dihydropyridines is 1. The van der Waals surface area contributed by atoms with E-state index in [0.29, 0.717) is 0 Å². The third kappa shape index (κ3) is 5.94. The van der Waals surface area contributed by atoms with Crippen LogP contribution in [0, 0.1) is 10.1 Å². The lowest BCUT2D eigenvalue weighted by molar-refractivity contribution is -0.385. The van der Waals surface area contributed by atoms with Crippen LogP contribution in [0.25, 0.3) is 0 Å². The highest BCUT2D eigenvalue weighted by molar-refractivity contribution is 6.00. The first-order chi connectivity index (χ1) is 17.0. The molecule has 1 unspecified atom stereocenters. The van der Waals surface area contributed by atoms with Crippen molar-refractivity contribution in [2.45, 2.75) is 51.1 Å². The summed E-state index contributed by atoms with van der Waals surface area (Å²) in [5.74, 6) is -3.48. The second kappa shape index (κ2) is 12.4. The fraction of sp³-hybridized carbons (Fsp3) is 0.435. The molecule has 1 aliphatic heterocycles. The van der Waals surface area contributed by atoms with E-state index < -0.39 is 59.5 Å². The first kappa shape index (κ1) is 28.6. The maximum atomic E-state index is 13.4. The maximum Gasteiger partial charge on any atom is 0.337 e. The third-order valence-corrected chi connectivity index (χ3v) is 5.56. The minimum atomic E-state index is -2.09. The number of nitro benzene ring substituents is 1. The molecule has 0 spiro atoms. The number of aliphatic hydroxyl groups excluding tert-OH is 4. The monoisotopic (exact) mass is 508 g/mol. The highest BCUT2D eigenvalue weighted by atomic mass is 16.6. The minimum Gasteiger partial charge on any atom is -0.463 e. The number of benzene rings is 1. The molecule has 0 amide bonds. The summed E-state index contributed by atoms with van der Waals surface area (Å²) in [4.78, 5) is 48.6. The van der Waals surface area contributed by atoms with Crippen molar-refractivity contribution in [1.29, 1.82) is 0 Å². The number of aldehydes is 1. The summed E-state index contributed by atoms with van der Waals surface area (Å²) in [6, 6.07) is 5.42. The van der Waals surface area contributed by atoms with Crippen LogP contribution in [0.1, 0.15) is 32.3 Å². The predicted molar refractivity (Wildman–Crippen MR) is 122 cm³/mol. The van der Waals surface area contributed by atoms with Crippen LogP contribution in [0.4, 0.5) is 5.69 Å². The van der Waals surface area contributed by atoms with Crippen LogP contribution in [0.3, 0.4) is 0 Å². The third-order valence-electron chi connectivity index (χ3n) is 5.56. The van der Waals surface area contributed by atoms with Gasteiger partial charge in [-0.1, -0.05) is 18.2 Å². The van der Waals surface area contributed by atoms with Crippen molar-refractivity contribution in [1.82, 2.24) is 5.32 Å². The molecule has 0 aliphatic carbocycles. The lowest BCUT2D eigenvalue weighted by Crippen LogP contribution is -2.49. The van der Waals surface area contributed by atoms with E-state index in [1.54, 1.807) is 6.92 Å². The average molecular weight is 508 g/mol. The van der Waals surface area contributed by atoms with E-state index >= 15 is 0 Å². The molecule has 13 heteroatoms. The fourth-order valence-electron chi connectivity index (χ4n) is 3.89. The van der Waals surface area contributed by atoms with Gasteiger partial charge in [-0.15, -0.1) is 0 Å². The zero-order chi connectivity index (χ0) is 27.2. The number of hydrogen-bond donors (Lipinski definition) is 5. The highest BCUT2D eigenvalue weighted by Gasteiger charge is 2.43. The fourth-order valence-corrected chi connectivity index (χ4v) is 3.89. The van der Waals surface area contributed by atoms with Crippen LogP contribution >= 0.6 is 0 Å². The Morgan fingerprint density at radius 3 is 2.25 bits per heavy atom. The van der Waals surface area contributed by atoms with Gasteiger partial charge in [0.25, 0.3) is 5.69 Å². The van der Waals surface area contributed by atoms with Gasteiger partial charge in [-0.3, -0.25) is 10.1 Å². The molecule has 5 N–H and O–H groups in total. The number of allylic oxidation sites excluding steroid dienone is 2. The zero-order valence-electron chi connectivity index (χ0n) is 19.8. The number of nitro groups is 1. The van der Waals surface area contributed by atoms with E-state index in [0.717, 1.165) is 0 Å². The SMILES string of the molecule is CCOC(=O)C1=C(C)NC(C)=C(C(=O)O[C@@H]([C@H](O)[C@H](O)CO)[C@@H](O)C=O)C1c1ccccc1[N+](=O)[O-]. The average Bonchev–Trinajstić information content (AvgIpc) is 2.85. The molecule has 5 atom stereocenters. The second-order valence-electron chi connectivity index (χ2n) is 7.91. The molecule has 2 rings (SSSR count). The van der Waals surface area contributed by atoms with Crippen molar-refractivity contribution in [2.24, 2.45) is 0 Å². The lowest BCUT2D eigenvalue weighted by Gasteiger charge is -2.32. The molecule has 1 aromatic carbocycles. The van der Waals surface area contributed by atoms with Gasteiger partial charge < -0.3 is 40.0 Å². The van der Waals surface area contributed by atoms with E-state index in [4.69, 9.17) is 14.6 Å². The van der Waals surface area contributed by atoms with Gasteiger partial charge in [-0.05, 0) is 20.8 Å². The molecule has 1 aliphatic rings. The van der Waals surface area contributed by atoms with Gasteiger partial charge in [-0.25, -0.2) is 9.59 Å². The number of rotatable bonds is 11. The van der Waals surface area contributed by atoms with Crippen molar-refractivity contribution >= 4 is 23.9 Å². The van der Waals surface area contributed by atoms with E-state index in [2.05, 4.69) is 5.32 Å². The summed E-state index contributed by atoms with van der Waals surface area (Å²) < 4.78 is 10.3. The standard InChI is InChI=1S/C23H28N2O11/c1-4-35-22(31)17-11(2)24-12(3)18(19(17)13-7-5-6-8-14(13)25(33)34)23(32)36-21(16(29)10-27)20(30)15(28)9-26/h5-8,10,15-16,19-21,24,26,28-30H,4,9H2,1-3H3/t15-,16+,19?,20-,21-/m1/s1. The Hall–Kier alpha value is -3.65. The number of para-hydroxylation sites is 1. The van der Waals surface area contributed by atoms with Crippen molar-refractivity contribution in [3.63, 3.8) is 0 Å². The van der Waals surface area contributed by atoms with Gasteiger partial charge in [0.2, 0.25) is 0 Å². The van der Waals surface area contributed by atoms with E-state index in [1.165, 1.54) is 38.1 Å². The van der Waals surface area contributed by atoms with Gasteiger partial charge in [0.05, 0.1) is 35.2 Å². The van der Waals surface area contributed by atoms with Crippen LogP contribution in [-0.2, 0) is 23.9 Å².